The molecule has 0 aromatic carbocycles. The van der Waals surface area contributed by atoms with Crippen LogP contribution in [-0.4, -0.2) is 22.2 Å². The number of carboxylic acids is 2. The molecular weight excluding hydrogens is 255 g/mol. The van der Waals surface area contributed by atoms with Gasteiger partial charge in [0, 0.05) is 0 Å². The Hall–Kier alpha value is -0.0600. The summed E-state index contributed by atoms with van der Waals surface area (Å²) in [4.78, 5) is 22.6. The van der Waals surface area contributed by atoms with Gasteiger partial charge in [0.25, 0.3) is 0 Å². The van der Waals surface area contributed by atoms with Crippen molar-refractivity contribution in [3.8, 4) is 0 Å². The molecule has 19 heavy (non-hydrogen) atoms. The molecule has 0 aromatic heterocycles. The molecule has 0 aliphatic rings. The quantitative estimate of drug-likeness (QED) is 0.351. The van der Waals surface area contributed by atoms with E-state index < -0.39 is 23.3 Å². The third-order valence-electron chi connectivity index (χ3n) is 3.67. The van der Waals surface area contributed by atoms with E-state index in [1.165, 1.54) is 12.8 Å². The summed E-state index contributed by atoms with van der Waals surface area (Å²) in [5.41, 5.74) is -1.62. The maximum atomic E-state index is 11.3. The molecule has 0 spiro atoms. The van der Waals surface area contributed by atoms with Crippen LogP contribution in [0.4, 0.5) is 0 Å². The van der Waals surface area contributed by atoms with E-state index in [-0.39, 0.29) is 37.4 Å². The van der Waals surface area contributed by atoms with Crippen LogP contribution in [0.5, 0.6) is 0 Å². The fourth-order valence-corrected chi connectivity index (χ4v) is 2.27. The molecule has 0 heterocycles. The zero-order chi connectivity index (χ0) is 14.2. The number of aliphatic carboxylic acids is 2. The van der Waals surface area contributed by atoms with Crippen LogP contribution in [0.2, 0.25) is 0 Å². The zero-order valence-corrected chi connectivity index (χ0v) is 14.7. The molecule has 0 aliphatic heterocycles. The van der Waals surface area contributed by atoms with Crippen molar-refractivity contribution in [2.75, 3.05) is 0 Å². The third-order valence-corrected chi connectivity index (χ3v) is 3.67. The minimum Gasteiger partial charge on any atom is -1.00 e. The molecule has 0 unspecified atom stereocenters. The largest absolute Gasteiger partial charge is 1.00 e. The molecule has 4 nitrogen and oxygen atoms in total. The Morgan fingerprint density at radius 2 is 1.42 bits per heavy atom. The molecule has 0 fully saturated rings. The summed E-state index contributed by atoms with van der Waals surface area (Å²) in [5.74, 6) is -2.82. The normalized spacial score (nSPS) is 11.2. The summed E-state index contributed by atoms with van der Waals surface area (Å²) in [6, 6.07) is 0. The molecule has 0 aromatic rings. The maximum absolute atomic E-state index is 11.3. The van der Waals surface area contributed by atoms with Crippen LogP contribution in [-0.2, 0) is 9.59 Å². The van der Waals surface area contributed by atoms with E-state index in [9.17, 15) is 19.8 Å². The molecule has 108 valence electrons. The molecular formula is C14H27NaO4. The third kappa shape index (κ3) is 6.28. The number of unbranched alkanes of at least 4 members (excludes halogenated alkanes) is 5. The van der Waals surface area contributed by atoms with Crippen LogP contribution in [0.1, 0.15) is 67.1 Å². The Morgan fingerprint density at radius 1 is 1.00 bits per heavy atom. The van der Waals surface area contributed by atoms with Gasteiger partial charge in [-0.15, -0.1) is 0 Å². The smallest absolute Gasteiger partial charge is 1.00 e. The summed E-state index contributed by atoms with van der Waals surface area (Å²) in [7, 11) is 0. The predicted molar refractivity (Wildman–Crippen MR) is 71.6 cm³/mol. The van der Waals surface area contributed by atoms with Crippen LogP contribution in [0.25, 0.3) is 0 Å². The van der Waals surface area contributed by atoms with Gasteiger partial charge in [-0.3, -0.25) is 9.59 Å². The van der Waals surface area contributed by atoms with Crippen molar-refractivity contribution in [2.24, 2.45) is 11.3 Å². The number of carboxylic acid groups (broad SMARTS) is 2. The van der Waals surface area contributed by atoms with E-state index >= 15 is 0 Å². The fraction of sp³-hybridized carbons (Fsp3) is 0.857. The van der Waals surface area contributed by atoms with Crippen LogP contribution in [0.3, 0.4) is 0 Å². The van der Waals surface area contributed by atoms with Crippen molar-refractivity contribution in [3.05, 3.63) is 0 Å². The van der Waals surface area contributed by atoms with Gasteiger partial charge in [0.15, 0.2) is 5.41 Å². The molecule has 0 aliphatic carbocycles. The van der Waals surface area contributed by atoms with E-state index in [0.717, 1.165) is 19.3 Å². The summed E-state index contributed by atoms with van der Waals surface area (Å²) in [6.07, 6.45) is 6.36. The number of carbonyl (C=O) groups is 2. The molecule has 5 heteroatoms. The maximum Gasteiger partial charge on any atom is 1.00 e. The van der Waals surface area contributed by atoms with E-state index in [2.05, 4.69) is 6.92 Å². The molecule has 0 amide bonds. The van der Waals surface area contributed by atoms with E-state index in [4.69, 9.17) is 0 Å². The van der Waals surface area contributed by atoms with E-state index in [0.29, 0.717) is 6.42 Å². The second-order valence-electron chi connectivity index (χ2n) is 5.25. The van der Waals surface area contributed by atoms with Crippen LogP contribution in [0, 0.1) is 11.3 Å². The van der Waals surface area contributed by atoms with Crippen molar-refractivity contribution in [1.82, 2.24) is 0 Å². The Kier molecular flexibility index (Phi) is 12.0. The molecule has 0 rings (SSSR count). The molecule has 0 saturated heterocycles. The predicted octanol–water partition coefficient (Wildman–Crippen LogP) is 0.665. The van der Waals surface area contributed by atoms with Crippen LogP contribution in [0.15, 0.2) is 0 Å². The van der Waals surface area contributed by atoms with Gasteiger partial charge in [-0.2, -0.15) is 0 Å². The summed E-state index contributed by atoms with van der Waals surface area (Å²) in [5, 5.41) is 18.4. The molecule has 2 N–H and O–H groups in total. The topological polar surface area (TPSA) is 74.6 Å². The Labute approximate surface area is 139 Å². The molecule has 0 saturated carbocycles. The first-order valence-electron chi connectivity index (χ1n) is 6.86. The van der Waals surface area contributed by atoms with Crippen molar-refractivity contribution >= 4 is 11.9 Å². The standard InChI is InChI=1S/C14H26O4.Na.H/c1-4-5-6-7-8-9-10-14(11(2)3,12(15)16)13(17)18;;/h11H,4-10H2,1-3H3,(H,15,16)(H,17,18);;/q;+1;-1. The number of rotatable bonds is 10. The fourth-order valence-electron chi connectivity index (χ4n) is 2.27. The summed E-state index contributed by atoms with van der Waals surface area (Å²) >= 11 is 0. The Bertz CT molecular complexity index is 268. The van der Waals surface area contributed by atoms with E-state index in [1.807, 2.05) is 0 Å². The minimum absolute atomic E-state index is 0. The Morgan fingerprint density at radius 3 is 1.79 bits per heavy atom. The number of hydrogen-bond donors (Lipinski definition) is 2. The van der Waals surface area contributed by atoms with Crippen LogP contribution < -0.4 is 29.6 Å². The van der Waals surface area contributed by atoms with Crippen molar-refractivity contribution in [2.45, 2.75) is 65.7 Å². The van der Waals surface area contributed by atoms with Gasteiger partial charge in [0.05, 0.1) is 0 Å². The van der Waals surface area contributed by atoms with Gasteiger partial charge in [0.1, 0.15) is 0 Å². The van der Waals surface area contributed by atoms with Gasteiger partial charge in [-0.1, -0.05) is 59.3 Å². The first-order valence-corrected chi connectivity index (χ1v) is 6.86. The molecule has 0 atom stereocenters. The molecule has 0 bridgehead atoms. The van der Waals surface area contributed by atoms with Gasteiger partial charge in [0.2, 0.25) is 0 Å². The zero-order valence-electron chi connectivity index (χ0n) is 13.7. The minimum atomic E-state index is -1.62. The van der Waals surface area contributed by atoms with Crippen LogP contribution >= 0.6 is 0 Å². The van der Waals surface area contributed by atoms with Gasteiger partial charge >= 0.3 is 41.5 Å². The van der Waals surface area contributed by atoms with Crippen molar-refractivity contribution in [1.29, 1.82) is 0 Å². The SMILES string of the molecule is CCCCCCCCC(C(=O)O)(C(=O)O)C(C)C.[H-].[Na+]. The summed E-state index contributed by atoms with van der Waals surface area (Å²) in [6.45, 7) is 5.47. The Balaban J connectivity index is -0.00000144. The second-order valence-corrected chi connectivity index (χ2v) is 5.25. The average Bonchev–Trinajstić information content (AvgIpc) is 2.26. The average molecular weight is 282 g/mol. The number of hydrogen-bond acceptors (Lipinski definition) is 2. The second kappa shape index (κ2) is 10.7. The van der Waals surface area contributed by atoms with Crippen molar-refractivity contribution < 1.29 is 50.8 Å². The van der Waals surface area contributed by atoms with Gasteiger partial charge in [-0.25, -0.2) is 0 Å². The summed E-state index contributed by atoms with van der Waals surface area (Å²) < 4.78 is 0. The van der Waals surface area contributed by atoms with Crippen molar-refractivity contribution in [3.63, 3.8) is 0 Å². The first kappa shape index (κ1) is 21.2. The first-order chi connectivity index (χ1) is 8.39. The van der Waals surface area contributed by atoms with E-state index in [1.54, 1.807) is 13.8 Å². The van der Waals surface area contributed by atoms with Gasteiger partial charge < -0.3 is 11.6 Å². The monoisotopic (exact) mass is 282 g/mol. The van der Waals surface area contributed by atoms with Gasteiger partial charge in [-0.05, 0) is 12.3 Å². The molecule has 0 radical (unpaired) electrons.